The second-order valence-electron chi connectivity index (χ2n) is 5.09. The van der Waals surface area contributed by atoms with Crippen molar-refractivity contribution < 1.29 is 17.9 Å². The van der Waals surface area contributed by atoms with Gasteiger partial charge in [-0.15, -0.1) is 15.7 Å². The highest BCUT2D eigenvalue weighted by molar-refractivity contribution is 7.92. The first-order valence-electron chi connectivity index (χ1n) is 7.65. The summed E-state index contributed by atoms with van der Waals surface area (Å²) in [4.78, 5) is 0.425. The molecule has 0 aliphatic heterocycles. The van der Waals surface area contributed by atoms with E-state index in [1.165, 1.54) is 11.3 Å². The number of thiophene rings is 1. The Morgan fingerprint density at radius 3 is 2.80 bits per heavy atom. The molecule has 0 bridgehead atoms. The summed E-state index contributed by atoms with van der Waals surface area (Å²) >= 11 is 2.48. The number of hydrogen-bond acceptors (Lipinski definition) is 6. The summed E-state index contributed by atoms with van der Waals surface area (Å²) in [6.45, 7) is 3.48. The molecule has 0 aliphatic carbocycles. The third kappa shape index (κ3) is 3.95. The van der Waals surface area contributed by atoms with Gasteiger partial charge in [-0.25, -0.2) is 0 Å². The Morgan fingerprint density at radius 1 is 1.28 bits per heavy atom. The highest BCUT2D eigenvalue weighted by atomic mass is 32.2. The quantitative estimate of drug-likeness (QED) is 0.613. The van der Waals surface area contributed by atoms with Crippen LogP contribution in [0.15, 0.2) is 44.3 Å². The van der Waals surface area contributed by atoms with Gasteiger partial charge in [0.25, 0.3) is 10.0 Å². The third-order valence-electron chi connectivity index (χ3n) is 3.43. The highest BCUT2D eigenvalue weighted by Crippen LogP contribution is 2.24. The lowest BCUT2D eigenvalue weighted by atomic mass is 10.3. The first kappa shape index (κ1) is 18.1. The lowest BCUT2D eigenvalue weighted by Crippen LogP contribution is -2.19. The Hall–Kier alpha value is -1.68. The van der Waals surface area contributed by atoms with Gasteiger partial charge in [0.1, 0.15) is 9.96 Å². The van der Waals surface area contributed by atoms with Gasteiger partial charge in [-0.05, 0) is 36.6 Å². The van der Waals surface area contributed by atoms with Crippen LogP contribution in [0.5, 0.6) is 5.75 Å². The summed E-state index contributed by atoms with van der Waals surface area (Å²) in [5, 5.41) is 1.72. The predicted octanol–water partition coefficient (Wildman–Crippen LogP) is 3.10. The van der Waals surface area contributed by atoms with E-state index in [0.717, 1.165) is 27.3 Å². The van der Waals surface area contributed by atoms with Gasteiger partial charge in [-0.1, -0.05) is 17.4 Å². The average Bonchev–Trinajstić information content (AvgIpc) is 3.21. The molecule has 0 saturated heterocycles. The normalized spacial score (nSPS) is 12.8. The van der Waals surface area contributed by atoms with Crippen LogP contribution in [0.2, 0.25) is 0 Å². The predicted molar refractivity (Wildman–Crippen MR) is 99.9 cm³/mol. The molecular formula is C16H18N2O4S3. The monoisotopic (exact) mass is 398 g/mol. The summed E-state index contributed by atoms with van der Waals surface area (Å²) in [5.74, 6) is 0.753. The summed E-state index contributed by atoms with van der Waals surface area (Å²) in [7, 11) is -2.11. The number of fused-ring (bicyclic) bond motifs is 1. The van der Waals surface area contributed by atoms with Crippen molar-refractivity contribution in [3.63, 3.8) is 0 Å². The van der Waals surface area contributed by atoms with E-state index in [1.807, 2.05) is 29.7 Å². The molecule has 0 amide bonds. The van der Waals surface area contributed by atoms with E-state index in [0.29, 0.717) is 24.6 Å². The van der Waals surface area contributed by atoms with Crippen LogP contribution in [0, 0.1) is 0 Å². The Labute approximate surface area is 154 Å². The van der Waals surface area contributed by atoms with Gasteiger partial charge >= 0.3 is 0 Å². The van der Waals surface area contributed by atoms with Gasteiger partial charge in [0.2, 0.25) is 4.80 Å². The van der Waals surface area contributed by atoms with E-state index in [9.17, 15) is 8.42 Å². The van der Waals surface area contributed by atoms with Gasteiger partial charge in [0, 0.05) is 13.7 Å². The summed E-state index contributed by atoms with van der Waals surface area (Å²) in [6.07, 6.45) is 0. The maximum Gasteiger partial charge on any atom is 0.294 e. The van der Waals surface area contributed by atoms with Gasteiger partial charge in [0.05, 0.1) is 23.4 Å². The van der Waals surface area contributed by atoms with Crippen molar-refractivity contribution in [3.8, 4) is 5.75 Å². The molecule has 0 saturated carbocycles. The molecule has 0 N–H and O–H groups in total. The van der Waals surface area contributed by atoms with Crippen LogP contribution in [-0.2, 0) is 21.3 Å². The van der Waals surface area contributed by atoms with E-state index in [1.54, 1.807) is 24.6 Å². The minimum atomic E-state index is -3.72. The van der Waals surface area contributed by atoms with Crippen molar-refractivity contribution >= 4 is 42.9 Å². The first-order valence-corrected chi connectivity index (χ1v) is 10.8. The molecule has 0 radical (unpaired) electrons. The fourth-order valence-corrected chi connectivity index (χ4v) is 5.59. The van der Waals surface area contributed by atoms with E-state index in [-0.39, 0.29) is 4.21 Å². The van der Waals surface area contributed by atoms with Crippen LogP contribution >= 0.6 is 22.7 Å². The topological polar surface area (TPSA) is 69.9 Å². The number of hydrogen-bond donors (Lipinski definition) is 0. The van der Waals surface area contributed by atoms with Crippen LogP contribution in [0.1, 0.15) is 6.92 Å². The smallest absolute Gasteiger partial charge is 0.294 e. The van der Waals surface area contributed by atoms with Crippen LogP contribution in [0.25, 0.3) is 10.2 Å². The molecule has 2 aromatic heterocycles. The van der Waals surface area contributed by atoms with E-state index >= 15 is 0 Å². The molecule has 0 aliphatic rings. The second-order valence-corrected chi connectivity index (χ2v) is 8.88. The lowest BCUT2D eigenvalue weighted by Gasteiger charge is -2.05. The maximum absolute atomic E-state index is 12.5. The highest BCUT2D eigenvalue weighted by Gasteiger charge is 2.16. The van der Waals surface area contributed by atoms with Gasteiger partial charge in [-0.2, -0.15) is 8.42 Å². The number of rotatable bonds is 7. The van der Waals surface area contributed by atoms with Crippen LogP contribution in [-0.4, -0.2) is 33.3 Å². The number of methoxy groups -OCH3 is 1. The molecule has 1 aromatic carbocycles. The van der Waals surface area contributed by atoms with Crippen molar-refractivity contribution in [1.29, 1.82) is 0 Å². The number of ether oxygens (including phenoxy) is 2. The molecule has 0 atom stereocenters. The number of thiazole rings is 1. The first-order chi connectivity index (χ1) is 12.0. The van der Waals surface area contributed by atoms with E-state index < -0.39 is 10.0 Å². The maximum atomic E-state index is 12.5. The van der Waals surface area contributed by atoms with Gasteiger partial charge < -0.3 is 14.0 Å². The number of aromatic nitrogens is 1. The molecule has 0 fully saturated rings. The minimum absolute atomic E-state index is 0.234. The lowest BCUT2D eigenvalue weighted by molar-refractivity contribution is 0.187. The minimum Gasteiger partial charge on any atom is -0.494 e. The summed E-state index contributed by atoms with van der Waals surface area (Å²) in [5.41, 5.74) is 0.908. The van der Waals surface area contributed by atoms with Crippen LogP contribution in [0.4, 0.5) is 0 Å². The van der Waals surface area contributed by atoms with Crippen molar-refractivity contribution in [2.45, 2.75) is 17.7 Å². The zero-order valence-corrected chi connectivity index (χ0v) is 16.3. The van der Waals surface area contributed by atoms with Crippen molar-refractivity contribution in [2.24, 2.45) is 4.40 Å². The molecule has 2 heterocycles. The van der Waals surface area contributed by atoms with Crippen LogP contribution < -0.4 is 9.54 Å². The third-order valence-corrected chi connectivity index (χ3v) is 7.23. The van der Waals surface area contributed by atoms with E-state index in [4.69, 9.17) is 9.47 Å². The number of sulfonamides is 1. The average molecular weight is 399 g/mol. The van der Waals surface area contributed by atoms with Crippen LogP contribution in [0.3, 0.4) is 0 Å². The SMILES string of the molecule is CCOc1ccc2c(c1)sc(=NS(=O)(=O)c1cccs1)n2CCOC. The van der Waals surface area contributed by atoms with Crippen molar-refractivity contribution in [1.82, 2.24) is 4.57 Å². The molecule has 3 rings (SSSR count). The standard InChI is InChI=1S/C16H18N2O4S3/c1-3-22-12-6-7-13-14(11-12)24-16(18(13)8-9-21-2)17-25(19,20)15-5-4-10-23-15/h4-7,10-11H,3,8-9H2,1-2H3. The Kier molecular flexibility index (Phi) is 5.57. The van der Waals surface area contributed by atoms with E-state index in [2.05, 4.69) is 4.40 Å². The molecule has 134 valence electrons. The molecule has 0 spiro atoms. The van der Waals surface area contributed by atoms with Gasteiger partial charge in [0.15, 0.2) is 0 Å². The molecule has 6 nitrogen and oxygen atoms in total. The number of nitrogens with zero attached hydrogens (tertiary/aromatic N) is 2. The van der Waals surface area contributed by atoms with Crippen molar-refractivity contribution in [2.75, 3.05) is 20.3 Å². The zero-order valence-electron chi connectivity index (χ0n) is 13.8. The Bertz CT molecular complexity index is 1020. The Balaban J connectivity index is 2.17. The second kappa shape index (κ2) is 7.69. The molecule has 0 unspecified atom stereocenters. The fourth-order valence-electron chi connectivity index (χ4n) is 2.34. The summed E-state index contributed by atoms with van der Waals surface area (Å²) < 4.78 is 42.8. The number of benzene rings is 1. The molecular weight excluding hydrogens is 380 g/mol. The zero-order chi connectivity index (χ0) is 17.9. The summed E-state index contributed by atoms with van der Waals surface area (Å²) in [6, 6.07) is 8.96. The molecule has 3 aromatic rings. The van der Waals surface area contributed by atoms with Crippen molar-refractivity contribution in [3.05, 3.63) is 40.5 Å². The molecule has 9 heteroatoms. The fraction of sp³-hybridized carbons (Fsp3) is 0.312. The largest absolute Gasteiger partial charge is 0.494 e. The molecule has 25 heavy (non-hydrogen) atoms. The van der Waals surface area contributed by atoms with Gasteiger partial charge in [-0.3, -0.25) is 0 Å². The Morgan fingerprint density at radius 2 is 2.12 bits per heavy atom.